The Balaban J connectivity index is 2.53. The van der Waals surface area contributed by atoms with Gasteiger partial charge in [-0.1, -0.05) is 13.8 Å². The van der Waals surface area contributed by atoms with Crippen molar-refractivity contribution >= 4 is 22.4 Å². The Kier molecular flexibility index (Phi) is 4.26. The lowest BCUT2D eigenvalue weighted by Gasteiger charge is -2.25. The average molecular weight is 243 g/mol. The first-order chi connectivity index (χ1) is 7.50. The van der Waals surface area contributed by atoms with E-state index in [1.807, 2.05) is 13.8 Å². The summed E-state index contributed by atoms with van der Waals surface area (Å²) < 4.78 is 0. The summed E-state index contributed by atoms with van der Waals surface area (Å²) in [5.74, 6) is -0.298. The first kappa shape index (κ1) is 12.9. The standard InChI is InChI=1S/C10H17N3O2S/c1-3-10(15,4-2)6-12-8(14)7-5-16-9(11)13-7/h5,15H,3-4,6H2,1-2H3,(H2,11,13)(H,12,14). The topological polar surface area (TPSA) is 88.2 Å². The maximum Gasteiger partial charge on any atom is 0.270 e. The number of thiazole rings is 1. The van der Waals surface area contributed by atoms with Crippen molar-refractivity contribution in [2.24, 2.45) is 0 Å². The Morgan fingerprint density at radius 3 is 2.69 bits per heavy atom. The van der Waals surface area contributed by atoms with Gasteiger partial charge < -0.3 is 16.2 Å². The molecule has 0 atom stereocenters. The largest absolute Gasteiger partial charge is 0.388 e. The number of nitrogens with one attached hydrogen (secondary N) is 1. The van der Waals surface area contributed by atoms with Crippen LogP contribution >= 0.6 is 11.3 Å². The van der Waals surface area contributed by atoms with Gasteiger partial charge in [0.05, 0.1) is 5.60 Å². The molecule has 0 aliphatic heterocycles. The molecule has 90 valence electrons. The van der Waals surface area contributed by atoms with E-state index in [2.05, 4.69) is 10.3 Å². The SMILES string of the molecule is CCC(O)(CC)CNC(=O)c1csc(N)n1. The number of nitrogen functional groups attached to an aromatic ring is 1. The normalized spacial score (nSPS) is 11.4. The first-order valence-corrected chi connectivity index (χ1v) is 6.10. The number of nitrogens with zero attached hydrogens (tertiary/aromatic N) is 1. The third-order valence-electron chi connectivity index (χ3n) is 2.65. The van der Waals surface area contributed by atoms with Gasteiger partial charge in [0, 0.05) is 11.9 Å². The molecule has 0 fully saturated rings. The zero-order valence-electron chi connectivity index (χ0n) is 9.49. The Bertz CT molecular complexity index is 361. The molecular weight excluding hydrogens is 226 g/mol. The van der Waals surface area contributed by atoms with Crippen LogP contribution in [-0.2, 0) is 0 Å². The van der Waals surface area contributed by atoms with Gasteiger partial charge in [-0.25, -0.2) is 4.98 Å². The summed E-state index contributed by atoms with van der Waals surface area (Å²) in [5, 5.41) is 14.6. The maximum absolute atomic E-state index is 11.6. The van der Waals surface area contributed by atoms with Crippen molar-refractivity contribution in [3.8, 4) is 0 Å². The van der Waals surface area contributed by atoms with Crippen LogP contribution in [0.2, 0.25) is 0 Å². The number of rotatable bonds is 5. The third kappa shape index (κ3) is 3.18. The Labute approximate surface area is 98.7 Å². The summed E-state index contributed by atoms with van der Waals surface area (Å²) >= 11 is 1.22. The van der Waals surface area contributed by atoms with Crippen LogP contribution in [0.3, 0.4) is 0 Å². The van der Waals surface area contributed by atoms with Crippen molar-refractivity contribution < 1.29 is 9.90 Å². The van der Waals surface area contributed by atoms with Crippen molar-refractivity contribution in [2.75, 3.05) is 12.3 Å². The van der Waals surface area contributed by atoms with E-state index < -0.39 is 5.60 Å². The second-order valence-electron chi connectivity index (χ2n) is 3.69. The molecule has 0 unspecified atom stereocenters. The lowest BCUT2D eigenvalue weighted by molar-refractivity contribution is 0.0313. The zero-order chi connectivity index (χ0) is 12.2. The minimum absolute atomic E-state index is 0.232. The molecule has 4 N–H and O–H groups in total. The van der Waals surface area contributed by atoms with E-state index in [-0.39, 0.29) is 12.5 Å². The molecule has 0 aromatic carbocycles. The minimum Gasteiger partial charge on any atom is -0.388 e. The van der Waals surface area contributed by atoms with Gasteiger partial charge in [-0.05, 0) is 12.8 Å². The number of amides is 1. The molecule has 0 aliphatic carbocycles. The van der Waals surface area contributed by atoms with Crippen molar-refractivity contribution in [3.63, 3.8) is 0 Å². The summed E-state index contributed by atoms with van der Waals surface area (Å²) in [4.78, 5) is 15.5. The van der Waals surface area contributed by atoms with Crippen LogP contribution in [0, 0.1) is 0 Å². The maximum atomic E-state index is 11.6. The number of aromatic nitrogens is 1. The van der Waals surface area contributed by atoms with E-state index >= 15 is 0 Å². The van der Waals surface area contributed by atoms with E-state index in [4.69, 9.17) is 5.73 Å². The third-order valence-corrected chi connectivity index (χ3v) is 3.32. The van der Waals surface area contributed by atoms with Crippen molar-refractivity contribution in [1.29, 1.82) is 0 Å². The van der Waals surface area contributed by atoms with E-state index in [0.717, 1.165) is 0 Å². The second-order valence-corrected chi connectivity index (χ2v) is 4.57. The fourth-order valence-electron chi connectivity index (χ4n) is 1.23. The Morgan fingerprint density at radius 2 is 2.25 bits per heavy atom. The van der Waals surface area contributed by atoms with Crippen LogP contribution in [0.4, 0.5) is 5.13 Å². The molecule has 5 nitrogen and oxygen atoms in total. The van der Waals surface area contributed by atoms with Crippen LogP contribution in [0.1, 0.15) is 37.2 Å². The predicted octanol–water partition coefficient (Wildman–Crippen LogP) is 1.01. The smallest absolute Gasteiger partial charge is 0.270 e. The molecule has 1 aromatic heterocycles. The molecule has 1 heterocycles. The van der Waals surface area contributed by atoms with Gasteiger partial charge >= 0.3 is 0 Å². The molecular formula is C10H17N3O2S. The van der Waals surface area contributed by atoms with Gasteiger partial charge in [-0.2, -0.15) is 0 Å². The van der Waals surface area contributed by atoms with Crippen molar-refractivity contribution in [3.05, 3.63) is 11.1 Å². The predicted molar refractivity (Wildman–Crippen MR) is 64.4 cm³/mol. The van der Waals surface area contributed by atoms with Gasteiger partial charge in [0.25, 0.3) is 5.91 Å². The summed E-state index contributed by atoms with van der Waals surface area (Å²) in [6.07, 6.45) is 1.20. The first-order valence-electron chi connectivity index (χ1n) is 5.22. The van der Waals surface area contributed by atoms with E-state index in [0.29, 0.717) is 23.7 Å². The molecule has 16 heavy (non-hydrogen) atoms. The molecule has 0 aliphatic rings. The van der Waals surface area contributed by atoms with Crippen LogP contribution in [0.25, 0.3) is 0 Å². The van der Waals surface area contributed by atoms with Crippen LogP contribution in [0.5, 0.6) is 0 Å². The lowest BCUT2D eigenvalue weighted by atomic mass is 9.97. The minimum atomic E-state index is -0.836. The Morgan fingerprint density at radius 1 is 1.62 bits per heavy atom. The number of hydrogen-bond donors (Lipinski definition) is 3. The number of carbonyl (C=O) groups excluding carboxylic acids is 1. The van der Waals surface area contributed by atoms with Gasteiger partial charge in [-0.15, -0.1) is 11.3 Å². The molecule has 1 aromatic rings. The molecule has 1 amide bonds. The van der Waals surface area contributed by atoms with E-state index in [1.54, 1.807) is 5.38 Å². The van der Waals surface area contributed by atoms with Gasteiger partial charge in [0.15, 0.2) is 5.13 Å². The molecule has 6 heteroatoms. The van der Waals surface area contributed by atoms with Gasteiger partial charge in [0.1, 0.15) is 5.69 Å². The van der Waals surface area contributed by atoms with Crippen LogP contribution < -0.4 is 11.1 Å². The Hall–Kier alpha value is -1.14. The second kappa shape index (κ2) is 5.27. The highest BCUT2D eigenvalue weighted by molar-refractivity contribution is 7.13. The zero-order valence-corrected chi connectivity index (χ0v) is 10.3. The summed E-state index contributed by atoms with van der Waals surface area (Å²) in [7, 11) is 0. The number of nitrogens with two attached hydrogens (primary N) is 1. The van der Waals surface area contributed by atoms with Crippen molar-refractivity contribution in [1.82, 2.24) is 10.3 Å². The molecule has 0 spiro atoms. The lowest BCUT2D eigenvalue weighted by Crippen LogP contribution is -2.42. The van der Waals surface area contributed by atoms with Crippen molar-refractivity contribution in [2.45, 2.75) is 32.3 Å². The number of hydrogen-bond acceptors (Lipinski definition) is 5. The van der Waals surface area contributed by atoms with Gasteiger partial charge in [0.2, 0.25) is 0 Å². The van der Waals surface area contributed by atoms with Crippen LogP contribution in [0.15, 0.2) is 5.38 Å². The summed E-state index contributed by atoms with van der Waals surface area (Å²) in [5.41, 5.74) is 4.90. The number of carbonyl (C=O) groups is 1. The molecule has 1 rings (SSSR count). The van der Waals surface area contributed by atoms with Gasteiger partial charge in [-0.3, -0.25) is 4.79 Å². The average Bonchev–Trinajstić information content (AvgIpc) is 2.72. The molecule has 0 saturated carbocycles. The molecule has 0 radical (unpaired) electrons. The highest BCUT2D eigenvalue weighted by Crippen LogP contribution is 2.14. The highest BCUT2D eigenvalue weighted by atomic mass is 32.1. The fourth-order valence-corrected chi connectivity index (χ4v) is 1.77. The molecule has 0 saturated heterocycles. The van der Waals surface area contributed by atoms with E-state index in [1.165, 1.54) is 11.3 Å². The number of aliphatic hydroxyl groups is 1. The van der Waals surface area contributed by atoms with Crippen LogP contribution in [-0.4, -0.2) is 28.1 Å². The van der Waals surface area contributed by atoms with E-state index in [9.17, 15) is 9.90 Å². The monoisotopic (exact) mass is 243 g/mol. The highest BCUT2D eigenvalue weighted by Gasteiger charge is 2.23. The molecule has 0 bridgehead atoms. The summed E-state index contributed by atoms with van der Waals surface area (Å²) in [6, 6.07) is 0. The fraction of sp³-hybridized carbons (Fsp3) is 0.600. The quantitative estimate of drug-likeness (QED) is 0.720. The number of anilines is 1. The summed E-state index contributed by atoms with van der Waals surface area (Å²) in [6.45, 7) is 4.00.